The first-order valence-electron chi connectivity index (χ1n) is 20.5. The van der Waals surface area contributed by atoms with E-state index in [4.69, 9.17) is 14.7 Å². The van der Waals surface area contributed by atoms with Crippen LogP contribution in [0, 0.1) is 0 Å². The highest BCUT2D eigenvalue weighted by Crippen LogP contribution is 2.63. The van der Waals surface area contributed by atoms with Crippen molar-refractivity contribution in [3.8, 4) is 78.8 Å². The number of nitrogens with zero attached hydrogens (tertiary/aromatic N) is 2. The van der Waals surface area contributed by atoms with E-state index in [9.17, 15) is 0 Å². The minimum absolute atomic E-state index is 0.559. The lowest BCUT2D eigenvalue weighted by Gasteiger charge is -2.40. The highest BCUT2D eigenvalue weighted by atomic mass is 16.5. The Bertz CT molecular complexity index is 3190. The van der Waals surface area contributed by atoms with Gasteiger partial charge in [-0.3, -0.25) is 0 Å². The average molecular weight is 765 g/mol. The van der Waals surface area contributed by atoms with Gasteiger partial charge in [0, 0.05) is 33.4 Å². The fourth-order valence-electron chi connectivity index (χ4n) is 9.63. The number of ether oxygens (including phenoxy) is 1. The molecular weight excluding hydrogens is 729 g/mol. The smallest absolute Gasteiger partial charge is 0.160 e. The van der Waals surface area contributed by atoms with Gasteiger partial charge in [0.05, 0.1) is 16.8 Å². The molecule has 3 heteroatoms. The molecule has 10 aromatic rings. The van der Waals surface area contributed by atoms with Crippen LogP contribution < -0.4 is 4.74 Å². The Morgan fingerprint density at radius 3 is 1.50 bits per heavy atom. The maximum absolute atomic E-state index is 7.19. The maximum Gasteiger partial charge on any atom is 0.160 e. The van der Waals surface area contributed by atoms with Crippen molar-refractivity contribution < 1.29 is 4.74 Å². The molecule has 9 aromatic carbocycles. The summed E-state index contributed by atoms with van der Waals surface area (Å²) >= 11 is 0. The van der Waals surface area contributed by atoms with E-state index < -0.39 is 5.41 Å². The summed E-state index contributed by atoms with van der Waals surface area (Å²) in [4.78, 5) is 10.1. The third-order valence-electron chi connectivity index (χ3n) is 12.3. The standard InChI is InChI=1S/C57H36N2O/c1-3-16-37(17-4-1)52-36-53(59-56(58-52)38-18-5-2-6-19-38)44-25-14-23-40(33-44)39-22-13-24-43(32-39)45-28-15-31-50-55(45)60-54-35-42-21-8-7-20-41(42)34-51(54)57(50)48-29-11-9-26-46(48)47-27-10-12-30-49(47)57/h1-36H. The van der Waals surface area contributed by atoms with Crippen molar-refractivity contribution in [1.82, 2.24) is 9.97 Å². The van der Waals surface area contributed by atoms with Crippen LogP contribution in [0.4, 0.5) is 0 Å². The highest BCUT2D eigenvalue weighted by Gasteiger charge is 2.51. The van der Waals surface area contributed by atoms with Gasteiger partial charge in [-0.1, -0.05) is 188 Å². The summed E-state index contributed by atoms with van der Waals surface area (Å²) in [6, 6.07) is 77.9. The van der Waals surface area contributed by atoms with E-state index in [2.05, 4.69) is 182 Å². The summed E-state index contributed by atoms with van der Waals surface area (Å²) in [5, 5.41) is 2.36. The molecule has 12 rings (SSSR count). The number of hydrogen-bond acceptors (Lipinski definition) is 3. The van der Waals surface area contributed by atoms with Crippen molar-refractivity contribution in [2.75, 3.05) is 0 Å². The molecule has 2 aliphatic rings. The number of rotatable bonds is 5. The van der Waals surface area contributed by atoms with Crippen LogP contribution in [-0.4, -0.2) is 9.97 Å². The molecule has 0 unspecified atom stereocenters. The van der Waals surface area contributed by atoms with Crippen LogP contribution in [0.2, 0.25) is 0 Å². The Morgan fingerprint density at radius 1 is 0.317 bits per heavy atom. The second-order valence-corrected chi connectivity index (χ2v) is 15.7. The predicted octanol–water partition coefficient (Wildman–Crippen LogP) is 14.4. The Balaban J connectivity index is 1.01. The molecule has 0 radical (unpaired) electrons. The fraction of sp³-hybridized carbons (Fsp3) is 0.0175. The first-order chi connectivity index (χ1) is 29.7. The van der Waals surface area contributed by atoms with E-state index in [-0.39, 0.29) is 0 Å². The molecule has 1 aromatic heterocycles. The molecule has 0 bridgehead atoms. The molecule has 60 heavy (non-hydrogen) atoms. The second kappa shape index (κ2) is 13.6. The molecule has 0 amide bonds. The number of aromatic nitrogens is 2. The zero-order valence-corrected chi connectivity index (χ0v) is 32.6. The molecule has 0 saturated heterocycles. The van der Waals surface area contributed by atoms with Crippen LogP contribution >= 0.6 is 0 Å². The zero-order valence-electron chi connectivity index (χ0n) is 32.6. The van der Waals surface area contributed by atoms with E-state index in [0.29, 0.717) is 5.82 Å². The number of benzene rings is 9. The van der Waals surface area contributed by atoms with Crippen molar-refractivity contribution in [2.45, 2.75) is 5.41 Å². The summed E-state index contributed by atoms with van der Waals surface area (Å²) in [6.45, 7) is 0. The van der Waals surface area contributed by atoms with Crippen molar-refractivity contribution in [3.63, 3.8) is 0 Å². The molecule has 2 heterocycles. The van der Waals surface area contributed by atoms with Crippen LogP contribution in [0.15, 0.2) is 218 Å². The van der Waals surface area contributed by atoms with Gasteiger partial charge in [-0.15, -0.1) is 0 Å². The summed E-state index contributed by atoms with van der Waals surface area (Å²) in [5.74, 6) is 2.48. The quantitative estimate of drug-likeness (QED) is 0.175. The van der Waals surface area contributed by atoms with Crippen molar-refractivity contribution in [3.05, 3.63) is 241 Å². The van der Waals surface area contributed by atoms with E-state index in [1.165, 1.54) is 33.2 Å². The second-order valence-electron chi connectivity index (χ2n) is 15.7. The number of hydrogen-bond donors (Lipinski definition) is 0. The van der Waals surface area contributed by atoms with E-state index in [1.54, 1.807) is 0 Å². The lowest BCUT2D eigenvalue weighted by atomic mass is 9.65. The third kappa shape index (κ3) is 5.30. The predicted molar refractivity (Wildman–Crippen MR) is 244 cm³/mol. The SMILES string of the molecule is c1ccc(-c2cc(-c3cccc(-c4cccc(-c5cccc6c5Oc5cc7ccccc7cc5C65c6ccccc6-c6ccccc65)c4)c3)nc(-c3ccccc3)n2)cc1. The molecule has 1 aliphatic heterocycles. The van der Waals surface area contributed by atoms with E-state index in [1.807, 2.05) is 36.4 Å². The number of para-hydroxylation sites is 1. The Hall–Kier alpha value is -7.88. The summed E-state index contributed by atoms with van der Waals surface area (Å²) < 4.78 is 7.19. The van der Waals surface area contributed by atoms with Crippen LogP contribution in [0.25, 0.3) is 78.1 Å². The molecule has 0 N–H and O–H groups in total. The Kier molecular flexibility index (Phi) is 7.76. The first kappa shape index (κ1) is 34.2. The van der Waals surface area contributed by atoms with Gasteiger partial charge in [-0.05, 0) is 80.0 Å². The van der Waals surface area contributed by atoms with Crippen LogP contribution in [-0.2, 0) is 5.41 Å². The van der Waals surface area contributed by atoms with Gasteiger partial charge in [0.15, 0.2) is 5.82 Å². The molecule has 1 spiro atoms. The summed E-state index contributed by atoms with van der Waals surface area (Å²) in [5.41, 5.74) is 16.1. The Labute approximate surface area is 348 Å². The molecule has 0 saturated carbocycles. The van der Waals surface area contributed by atoms with Gasteiger partial charge in [0.1, 0.15) is 11.5 Å². The highest BCUT2D eigenvalue weighted by molar-refractivity contribution is 5.94. The van der Waals surface area contributed by atoms with Crippen LogP contribution in [0.3, 0.4) is 0 Å². The fourth-order valence-corrected chi connectivity index (χ4v) is 9.63. The van der Waals surface area contributed by atoms with Gasteiger partial charge < -0.3 is 4.74 Å². The molecule has 1 aliphatic carbocycles. The third-order valence-corrected chi connectivity index (χ3v) is 12.3. The molecule has 280 valence electrons. The first-order valence-corrected chi connectivity index (χ1v) is 20.5. The molecular formula is C57H36N2O. The lowest BCUT2D eigenvalue weighted by Crippen LogP contribution is -2.32. The zero-order chi connectivity index (χ0) is 39.6. The van der Waals surface area contributed by atoms with Gasteiger partial charge in [0.25, 0.3) is 0 Å². The number of fused-ring (bicyclic) bond motifs is 10. The largest absolute Gasteiger partial charge is 0.456 e. The van der Waals surface area contributed by atoms with Crippen LogP contribution in [0.1, 0.15) is 22.3 Å². The van der Waals surface area contributed by atoms with Gasteiger partial charge in [0.2, 0.25) is 0 Å². The normalized spacial score (nSPS) is 12.9. The summed E-state index contributed by atoms with van der Waals surface area (Å²) in [7, 11) is 0. The minimum Gasteiger partial charge on any atom is -0.456 e. The summed E-state index contributed by atoms with van der Waals surface area (Å²) in [6.07, 6.45) is 0. The van der Waals surface area contributed by atoms with Crippen molar-refractivity contribution >= 4 is 10.8 Å². The average Bonchev–Trinajstić information content (AvgIpc) is 3.62. The minimum atomic E-state index is -0.559. The maximum atomic E-state index is 7.19. The lowest BCUT2D eigenvalue weighted by molar-refractivity contribution is 0.439. The van der Waals surface area contributed by atoms with Gasteiger partial charge >= 0.3 is 0 Å². The monoisotopic (exact) mass is 764 g/mol. The topological polar surface area (TPSA) is 35.0 Å². The Morgan fingerprint density at radius 2 is 0.800 bits per heavy atom. The van der Waals surface area contributed by atoms with Crippen molar-refractivity contribution in [2.24, 2.45) is 0 Å². The van der Waals surface area contributed by atoms with Gasteiger partial charge in [-0.25, -0.2) is 9.97 Å². The van der Waals surface area contributed by atoms with Gasteiger partial charge in [-0.2, -0.15) is 0 Å². The molecule has 3 nitrogen and oxygen atoms in total. The molecule has 0 fully saturated rings. The van der Waals surface area contributed by atoms with E-state index >= 15 is 0 Å². The molecule has 0 atom stereocenters. The van der Waals surface area contributed by atoms with Crippen molar-refractivity contribution in [1.29, 1.82) is 0 Å². The van der Waals surface area contributed by atoms with E-state index in [0.717, 1.165) is 72.8 Å². The van der Waals surface area contributed by atoms with Crippen LogP contribution in [0.5, 0.6) is 11.5 Å².